The van der Waals surface area contributed by atoms with Gasteiger partial charge in [0, 0.05) is 17.1 Å². The second-order valence-corrected chi connectivity index (χ2v) is 5.71. The van der Waals surface area contributed by atoms with Crippen LogP contribution in [0.2, 0.25) is 5.02 Å². The Morgan fingerprint density at radius 2 is 1.62 bits per heavy atom. The number of halogens is 1. The van der Waals surface area contributed by atoms with Crippen LogP contribution in [0.5, 0.6) is 0 Å². The summed E-state index contributed by atoms with van der Waals surface area (Å²) in [6.07, 6.45) is 5.44. The van der Waals surface area contributed by atoms with Gasteiger partial charge in [-0.05, 0) is 56.3 Å². The number of benzene rings is 1. The molecule has 16 heavy (non-hydrogen) atoms. The molecule has 1 aromatic carbocycles. The predicted molar refractivity (Wildman–Crippen MR) is 68.0 cm³/mol. The molecule has 0 aliphatic carbocycles. The summed E-state index contributed by atoms with van der Waals surface area (Å²) in [5.41, 5.74) is 1.48. The zero-order valence-corrected chi connectivity index (χ0v) is 10.5. The molecule has 2 bridgehead atoms. The first-order valence-corrected chi connectivity index (χ1v) is 6.59. The predicted octanol–water partition coefficient (Wildman–Crippen LogP) is 3.68. The Labute approximate surface area is 102 Å². The number of hydrogen-bond acceptors (Lipinski definition) is 1. The Morgan fingerprint density at radius 3 is 2.19 bits per heavy atom. The summed E-state index contributed by atoms with van der Waals surface area (Å²) in [6, 6.07) is 10.1. The Balaban J connectivity index is 1.80. The number of nitrogens with zero attached hydrogens (tertiary/aromatic N) is 1. The molecule has 2 saturated heterocycles. The molecule has 0 saturated carbocycles. The fourth-order valence-electron chi connectivity index (χ4n) is 3.42. The quantitative estimate of drug-likeness (QED) is 0.718. The van der Waals surface area contributed by atoms with Crippen LogP contribution >= 0.6 is 11.6 Å². The molecule has 0 N–H and O–H groups in total. The monoisotopic (exact) mass is 235 g/mol. The van der Waals surface area contributed by atoms with Crippen LogP contribution in [-0.2, 0) is 0 Å². The molecule has 2 aliphatic heterocycles. The van der Waals surface area contributed by atoms with Gasteiger partial charge in [-0.2, -0.15) is 0 Å². The van der Waals surface area contributed by atoms with Gasteiger partial charge in [0.1, 0.15) is 0 Å². The highest BCUT2D eigenvalue weighted by Crippen LogP contribution is 2.42. The molecule has 0 spiro atoms. The molecule has 2 unspecified atom stereocenters. The third-order valence-corrected chi connectivity index (χ3v) is 4.69. The van der Waals surface area contributed by atoms with Crippen molar-refractivity contribution in [2.45, 2.75) is 43.7 Å². The van der Waals surface area contributed by atoms with E-state index in [1.165, 1.54) is 31.2 Å². The first-order chi connectivity index (χ1) is 7.74. The van der Waals surface area contributed by atoms with Crippen LogP contribution in [-0.4, -0.2) is 24.0 Å². The van der Waals surface area contributed by atoms with Crippen molar-refractivity contribution >= 4 is 11.6 Å². The van der Waals surface area contributed by atoms with E-state index in [9.17, 15) is 0 Å². The minimum absolute atomic E-state index is 0.756. The Morgan fingerprint density at radius 1 is 1.06 bits per heavy atom. The van der Waals surface area contributed by atoms with Crippen LogP contribution < -0.4 is 0 Å². The molecule has 2 fully saturated rings. The molecule has 0 aromatic heterocycles. The minimum Gasteiger partial charge on any atom is -0.300 e. The maximum absolute atomic E-state index is 5.94. The molecular formula is C14H18ClN. The van der Waals surface area contributed by atoms with Crippen molar-refractivity contribution in [1.82, 2.24) is 4.90 Å². The number of piperidine rings is 1. The number of hydrogen-bond donors (Lipinski definition) is 0. The molecule has 0 amide bonds. The first-order valence-electron chi connectivity index (χ1n) is 6.21. The molecule has 2 aliphatic rings. The zero-order valence-electron chi connectivity index (χ0n) is 9.70. The van der Waals surface area contributed by atoms with Crippen molar-refractivity contribution in [2.24, 2.45) is 0 Å². The molecule has 3 atom stereocenters. The van der Waals surface area contributed by atoms with Gasteiger partial charge in [0.15, 0.2) is 0 Å². The number of rotatable bonds is 1. The SMILES string of the molecule is CN1C2CC[C@H]1CC(c1ccc(Cl)cc1)C2. The molecule has 2 heteroatoms. The highest BCUT2D eigenvalue weighted by Gasteiger charge is 2.38. The number of fused-ring (bicyclic) bond motifs is 2. The van der Waals surface area contributed by atoms with Crippen LogP contribution in [0.3, 0.4) is 0 Å². The molecule has 0 radical (unpaired) electrons. The summed E-state index contributed by atoms with van der Waals surface area (Å²) in [5, 5.41) is 0.847. The summed E-state index contributed by atoms with van der Waals surface area (Å²) in [7, 11) is 2.29. The van der Waals surface area contributed by atoms with Gasteiger partial charge >= 0.3 is 0 Å². The van der Waals surface area contributed by atoms with Gasteiger partial charge in [-0.15, -0.1) is 0 Å². The Bertz CT molecular complexity index is 359. The summed E-state index contributed by atoms with van der Waals surface area (Å²) in [6.45, 7) is 0. The first kappa shape index (κ1) is 10.6. The molecule has 1 nitrogen and oxygen atoms in total. The second kappa shape index (κ2) is 4.05. The van der Waals surface area contributed by atoms with Gasteiger partial charge < -0.3 is 4.90 Å². The molecular weight excluding hydrogens is 218 g/mol. The van der Waals surface area contributed by atoms with E-state index < -0.39 is 0 Å². The van der Waals surface area contributed by atoms with Crippen molar-refractivity contribution in [3.63, 3.8) is 0 Å². The molecule has 1 aromatic rings. The lowest BCUT2D eigenvalue weighted by Gasteiger charge is -2.36. The standard InChI is InChI=1S/C14H18ClN/c1-16-13-6-7-14(16)9-11(8-13)10-2-4-12(15)5-3-10/h2-5,11,13-14H,6-9H2,1H3/t11?,13-,14?/m0/s1. The summed E-state index contributed by atoms with van der Waals surface area (Å²) < 4.78 is 0. The maximum atomic E-state index is 5.94. The smallest absolute Gasteiger partial charge is 0.0406 e. The van der Waals surface area contributed by atoms with Gasteiger partial charge in [-0.1, -0.05) is 23.7 Å². The van der Waals surface area contributed by atoms with Crippen molar-refractivity contribution < 1.29 is 0 Å². The topological polar surface area (TPSA) is 3.24 Å². The average Bonchev–Trinajstić information content (AvgIpc) is 2.54. The van der Waals surface area contributed by atoms with Crippen molar-refractivity contribution in [3.8, 4) is 0 Å². The molecule has 3 rings (SSSR count). The van der Waals surface area contributed by atoms with E-state index in [4.69, 9.17) is 11.6 Å². The van der Waals surface area contributed by atoms with Crippen LogP contribution in [0.1, 0.15) is 37.2 Å². The fourth-order valence-corrected chi connectivity index (χ4v) is 3.54. The van der Waals surface area contributed by atoms with Crippen molar-refractivity contribution in [3.05, 3.63) is 34.9 Å². The lowest BCUT2D eigenvalue weighted by Crippen LogP contribution is -2.39. The highest BCUT2D eigenvalue weighted by molar-refractivity contribution is 6.30. The van der Waals surface area contributed by atoms with Crippen LogP contribution in [0.15, 0.2) is 24.3 Å². The van der Waals surface area contributed by atoms with Gasteiger partial charge in [-0.25, -0.2) is 0 Å². The van der Waals surface area contributed by atoms with E-state index in [2.05, 4.69) is 24.1 Å². The fraction of sp³-hybridized carbons (Fsp3) is 0.571. The molecule has 86 valence electrons. The largest absolute Gasteiger partial charge is 0.300 e. The lowest BCUT2D eigenvalue weighted by atomic mass is 9.85. The van der Waals surface area contributed by atoms with E-state index in [0.29, 0.717) is 0 Å². The third-order valence-electron chi connectivity index (χ3n) is 4.44. The van der Waals surface area contributed by atoms with Crippen molar-refractivity contribution in [2.75, 3.05) is 7.05 Å². The summed E-state index contributed by atoms with van der Waals surface area (Å²) in [4.78, 5) is 2.59. The highest BCUT2D eigenvalue weighted by atomic mass is 35.5. The van der Waals surface area contributed by atoms with Gasteiger partial charge in [0.25, 0.3) is 0 Å². The van der Waals surface area contributed by atoms with E-state index >= 15 is 0 Å². The normalized spacial score (nSPS) is 34.2. The minimum atomic E-state index is 0.756. The Kier molecular flexibility index (Phi) is 2.68. The van der Waals surface area contributed by atoms with Crippen molar-refractivity contribution in [1.29, 1.82) is 0 Å². The van der Waals surface area contributed by atoms with E-state index in [0.717, 1.165) is 23.0 Å². The maximum Gasteiger partial charge on any atom is 0.0406 e. The van der Waals surface area contributed by atoms with Gasteiger partial charge in [0.05, 0.1) is 0 Å². The van der Waals surface area contributed by atoms with Gasteiger partial charge in [-0.3, -0.25) is 0 Å². The van der Waals surface area contributed by atoms with E-state index in [1.807, 2.05) is 12.1 Å². The zero-order chi connectivity index (χ0) is 11.1. The van der Waals surface area contributed by atoms with Gasteiger partial charge in [0.2, 0.25) is 0 Å². The Hall–Kier alpha value is -0.530. The second-order valence-electron chi connectivity index (χ2n) is 5.27. The molecule has 2 heterocycles. The van der Waals surface area contributed by atoms with Crippen LogP contribution in [0.4, 0.5) is 0 Å². The lowest BCUT2D eigenvalue weighted by molar-refractivity contribution is 0.161. The third kappa shape index (κ3) is 1.76. The average molecular weight is 236 g/mol. The summed E-state index contributed by atoms with van der Waals surface area (Å²) in [5.74, 6) is 0.756. The van der Waals surface area contributed by atoms with E-state index in [-0.39, 0.29) is 0 Å². The van der Waals surface area contributed by atoms with Crippen LogP contribution in [0, 0.1) is 0 Å². The van der Waals surface area contributed by atoms with E-state index in [1.54, 1.807) is 0 Å². The summed E-state index contributed by atoms with van der Waals surface area (Å²) >= 11 is 5.94. The van der Waals surface area contributed by atoms with Crippen LogP contribution in [0.25, 0.3) is 0 Å².